The summed E-state index contributed by atoms with van der Waals surface area (Å²) in [6.45, 7) is 6.53. The lowest BCUT2D eigenvalue weighted by Crippen LogP contribution is -2.37. The highest BCUT2D eigenvalue weighted by molar-refractivity contribution is 5.51. The van der Waals surface area contributed by atoms with Gasteiger partial charge in [0.2, 0.25) is 0 Å². The van der Waals surface area contributed by atoms with Gasteiger partial charge in [0.15, 0.2) is 0 Å². The van der Waals surface area contributed by atoms with Gasteiger partial charge < -0.3 is 15.0 Å². The van der Waals surface area contributed by atoms with Crippen LogP contribution in [0.15, 0.2) is 12.1 Å². The quantitative estimate of drug-likeness (QED) is 0.908. The summed E-state index contributed by atoms with van der Waals surface area (Å²) < 4.78 is 33.3. The van der Waals surface area contributed by atoms with Crippen molar-refractivity contribution in [3.8, 4) is 0 Å². The largest absolute Gasteiger partial charge is 0.378 e. The van der Waals surface area contributed by atoms with Crippen molar-refractivity contribution in [2.24, 2.45) is 0 Å². The fraction of sp³-hybridized carbons (Fsp3) is 0.571. The molecule has 0 saturated carbocycles. The number of hydrogen-bond donors (Lipinski definition) is 1. The van der Waals surface area contributed by atoms with E-state index < -0.39 is 11.6 Å². The average molecular weight is 270 g/mol. The van der Waals surface area contributed by atoms with Crippen LogP contribution in [0.4, 0.5) is 14.5 Å². The van der Waals surface area contributed by atoms with Crippen molar-refractivity contribution in [3.05, 3.63) is 29.3 Å². The van der Waals surface area contributed by atoms with Crippen molar-refractivity contribution in [3.63, 3.8) is 0 Å². The zero-order valence-electron chi connectivity index (χ0n) is 11.4. The fourth-order valence-electron chi connectivity index (χ4n) is 2.13. The van der Waals surface area contributed by atoms with E-state index >= 15 is 0 Å². The van der Waals surface area contributed by atoms with Crippen LogP contribution in [0.1, 0.15) is 19.4 Å². The lowest BCUT2D eigenvalue weighted by molar-refractivity contribution is 0.122. The smallest absolute Gasteiger partial charge is 0.149 e. The van der Waals surface area contributed by atoms with E-state index in [9.17, 15) is 8.78 Å². The van der Waals surface area contributed by atoms with Crippen LogP contribution < -0.4 is 10.2 Å². The van der Waals surface area contributed by atoms with Crippen LogP contribution in [0, 0.1) is 11.6 Å². The van der Waals surface area contributed by atoms with E-state index in [1.807, 2.05) is 13.8 Å². The number of halogens is 2. The van der Waals surface area contributed by atoms with Crippen molar-refractivity contribution in [2.75, 3.05) is 31.2 Å². The molecule has 1 aliphatic heterocycles. The number of morpholine rings is 1. The summed E-state index contributed by atoms with van der Waals surface area (Å²) in [5, 5.41) is 3.15. The summed E-state index contributed by atoms with van der Waals surface area (Å²) >= 11 is 0. The minimum Gasteiger partial charge on any atom is -0.378 e. The molecule has 1 saturated heterocycles. The molecule has 1 fully saturated rings. The van der Waals surface area contributed by atoms with Crippen LogP contribution >= 0.6 is 0 Å². The Bertz CT molecular complexity index is 408. The SMILES string of the molecule is CC(C)NCc1cc(F)c(N2CCOCC2)c(F)c1. The lowest BCUT2D eigenvalue weighted by Gasteiger charge is -2.29. The lowest BCUT2D eigenvalue weighted by atomic mass is 10.1. The molecule has 1 aromatic carbocycles. The first-order chi connectivity index (χ1) is 9.08. The third kappa shape index (κ3) is 3.64. The van der Waals surface area contributed by atoms with Crippen LogP contribution in [-0.2, 0) is 11.3 Å². The summed E-state index contributed by atoms with van der Waals surface area (Å²) in [5.41, 5.74) is 0.692. The molecule has 0 spiro atoms. The Morgan fingerprint density at radius 3 is 2.32 bits per heavy atom. The van der Waals surface area contributed by atoms with E-state index in [4.69, 9.17) is 4.74 Å². The second-order valence-corrected chi connectivity index (χ2v) is 5.04. The monoisotopic (exact) mass is 270 g/mol. The molecule has 1 aromatic rings. The van der Waals surface area contributed by atoms with Crippen molar-refractivity contribution in [1.82, 2.24) is 5.32 Å². The Morgan fingerprint density at radius 1 is 1.21 bits per heavy atom. The number of hydrogen-bond acceptors (Lipinski definition) is 3. The van der Waals surface area contributed by atoms with Gasteiger partial charge in [-0.25, -0.2) is 8.78 Å². The molecule has 19 heavy (non-hydrogen) atoms. The second-order valence-electron chi connectivity index (χ2n) is 5.04. The number of ether oxygens (including phenoxy) is 1. The fourth-order valence-corrected chi connectivity index (χ4v) is 2.13. The minimum atomic E-state index is -0.498. The maximum absolute atomic E-state index is 14.1. The molecule has 2 rings (SSSR count). The van der Waals surface area contributed by atoms with Gasteiger partial charge in [-0.3, -0.25) is 0 Å². The molecule has 1 aliphatic rings. The van der Waals surface area contributed by atoms with Gasteiger partial charge in [-0.15, -0.1) is 0 Å². The number of anilines is 1. The molecule has 0 bridgehead atoms. The van der Waals surface area contributed by atoms with Gasteiger partial charge in [0.05, 0.1) is 13.2 Å². The van der Waals surface area contributed by atoms with Gasteiger partial charge in [0.1, 0.15) is 17.3 Å². The van der Waals surface area contributed by atoms with E-state index in [1.165, 1.54) is 12.1 Å². The van der Waals surface area contributed by atoms with E-state index in [-0.39, 0.29) is 11.7 Å². The maximum Gasteiger partial charge on any atom is 0.149 e. The standard InChI is InChI=1S/C14H20F2N2O/c1-10(2)17-9-11-7-12(15)14(13(16)8-11)18-3-5-19-6-4-18/h7-8,10,17H,3-6,9H2,1-2H3. The number of nitrogens with zero attached hydrogens (tertiary/aromatic N) is 1. The maximum atomic E-state index is 14.1. The molecule has 0 aromatic heterocycles. The minimum absolute atomic E-state index is 0.0663. The number of nitrogens with one attached hydrogen (secondary N) is 1. The van der Waals surface area contributed by atoms with Crippen molar-refractivity contribution >= 4 is 5.69 Å². The van der Waals surface area contributed by atoms with Crippen LogP contribution in [0.3, 0.4) is 0 Å². The van der Waals surface area contributed by atoms with Crippen molar-refractivity contribution in [1.29, 1.82) is 0 Å². The molecule has 0 atom stereocenters. The predicted octanol–water partition coefficient (Wildman–Crippen LogP) is 2.30. The second kappa shape index (κ2) is 6.30. The van der Waals surface area contributed by atoms with Crippen LogP contribution in [0.5, 0.6) is 0 Å². The van der Waals surface area contributed by atoms with E-state index in [2.05, 4.69) is 5.32 Å². The molecule has 3 nitrogen and oxygen atoms in total. The highest BCUT2D eigenvalue weighted by atomic mass is 19.1. The summed E-state index contributed by atoms with van der Waals surface area (Å²) in [4.78, 5) is 1.70. The molecule has 106 valence electrons. The first-order valence-corrected chi connectivity index (χ1v) is 6.62. The molecule has 0 amide bonds. The Labute approximate surface area is 112 Å². The Kier molecular flexibility index (Phi) is 4.71. The predicted molar refractivity (Wildman–Crippen MR) is 71.4 cm³/mol. The molecular weight excluding hydrogens is 250 g/mol. The van der Waals surface area contributed by atoms with Crippen LogP contribution in [0.2, 0.25) is 0 Å². The Hall–Kier alpha value is -1.20. The first kappa shape index (κ1) is 14.2. The summed E-state index contributed by atoms with van der Waals surface area (Å²) in [6.07, 6.45) is 0. The zero-order valence-corrected chi connectivity index (χ0v) is 11.4. The highest BCUT2D eigenvalue weighted by Crippen LogP contribution is 2.25. The Morgan fingerprint density at radius 2 is 1.79 bits per heavy atom. The number of rotatable bonds is 4. The third-order valence-electron chi connectivity index (χ3n) is 3.12. The van der Waals surface area contributed by atoms with Gasteiger partial charge in [0, 0.05) is 25.7 Å². The highest BCUT2D eigenvalue weighted by Gasteiger charge is 2.20. The van der Waals surface area contributed by atoms with Gasteiger partial charge in [0.25, 0.3) is 0 Å². The normalized spacial score (nSPS) is 16.2. The molecule has 1 heterocycles. The van der Waals surface area contributed by atoms with Gasteiger partial charge in [-0.05, 0) is 17.7 Å². The van der Waals surface area contributed by atoms with Gasteiger partial charge in [-0.2, -0.15) is 0 Å². The van der Waals surface area contributed by atoms with Crippen molar-refractivity contribution in [2.45, 2.75) is 26.4 Å². The summed E-state index contributed by atoms with van der Waals surface area (Å²) in [6, 6.07) is 3.09. The van der Waals surface area contributed by atoms with Crippen LogP contribution in [-0.4, -0.2) is 32.3 Å². The van der Waals surface area contributed by atoms with E-state index in [1.54, 1.807) is 4.90 Å². The average Bonchev–Trinajstić information content (AvgIpc) is 2.37. The van der Waals surface area contributed by atoms with Gasteiger partial charge in [-0.1, -0.05) is 13.8 Å². The summed E-state index contributed by atoms with van der Waals surface area (Å²) in [7, 11) is 0. The summed E-state index contributed by atoms with van der Waals surface area (Å²) in [5.74, 6) is -0.995. The molecule has 5 heteroatoms. The molecular formula is C14H20F2N2O. The molecule has 0 aliphatic carbocycles. The Balaban J connectivity index is 2.16. The zero-order chi connectivity index (χ0) is 13.8. The van der Waals surface area contributed by atoms with E-state index in [0.29, 0.717) is 38.4 Å². The molecule has 1 N–H and O–H groups in total. The number of benzene rings is 1. The topological polar surface area (TPSA) is 24.5 Å². The van der Waals surface area contributed by atoms with E-state index in [0.717, 1.165) is 0 Å². The third-order valence-corrected chi connectivity index (χ3v) is 3.12. The van der Waals surface area contributed by atoms with Crippen molar-refractivity contribution < 1.29 is 13.5 Å². The van der Waals surface area contributed by atoms with Crippen LogP contribution in [0.25, 0.3) is 0 Å². The first-order valence-electron chi connectivity index (χ1n) is 6.62. The molecule has 0 unspecified atom stereocenters. The molecule has 0 radical (unpaired) electrons. The van der Waals surface area contributed by atoms with Gasteiger partial charge >= 0.3 is 0 Å².